The summed E-state index contributed by atoms with van der Waals surface area (Å²) in [5.41, 5.74) is 6.67. The molecule has 0 unspecified atom stereocenters. The van der Waals surface area contributed by atoms with Gasteiger partial charge in [0.05, 0.1) is 17.6 Å². The zero-order chi connectivity index (χ0) is 15.6. The minimum Gasteiger partial charge on any atom is -0.493 e. The number of nitrogens with one attached hydrogen (secondary N) is 1. The molecule has 0 saturated carbocycles. The summed E-state index contributed by atoms with van der Waals surface area (Å²) in [6, 6.07) is 13.6. The Balaban J connectivity index is 1.49. The summed E-state index contributed by atoms with van der Waals surface area (Å²) in [5, 5.41) is 0. The fraction of sp³-hybridized carbons (Fsp3) is 0.111. The molecule has 0 fully saturated rings. The van der Waals surface area contributed by atoms with Gasteiger partial charge in [0.1, 0.15) is 12.1 Å². The topological polar surface area (TPSA) is 56.1 Å². The number of benzene rings is 2. The Kier molecular flexibility index (Phi) is 3.31. The SMILES string of the molecule is O=C(/C=C/c1ccc2c(c1)CCO2)Nn1cnc2ccccc21. The van der Waals surface area contributed by atoms with Gasteiger partial charge in [0.2, 0.25) is 0 Å². The molecule has 0 radical (unpaired) electrons. The summed E-state index contributed by atoms with van der Waals surface area (Å²) in [7, 11) is 0. The minimum atomic E-state index is -0.204. The third-order valence-corrected chi connectivity index (χ3v) is 3.82. The van der Waals surface area contributed by atoms with Gasteiger partial charge in [-0.15, -0.1) is 0 Å². The fourth-order valence-electron chi connectivity index (χ4n) is 2.69. The summed E-state index contributed by atoms with van der Waals surface area (Å²) in [6.45, 7) is 0.733. The Morgan fingerprint density at radius 2 is 2.17 bits per heavy atom. The van der Waals surface area contributed by atoms with Crippen molar-refractivity contribution in [2.75, 3.05) is 12.0 Å². The van der Waals surface area contributed by atoms with Crippen molar-refractivity contribution in [3.8, 4) is 5.75 Å². The van der Waals surface area contributed by atoms with Crippen LogP contribution in [-0.4, -0.2) is 22.2 Å². The summed E-state index contributed by atoms with van der Waals surface area (Å²) in [6.07, 6.45) is 5.84. The van der Waals surface area contributed by atoms with Crippen LogP contribution in [0.5, 0.6) is 5.75 Å². The van der Waals surface area contributed by atoms with Crippen LogP contribution >= 0.6 is 0 Å². The molecule has 1 aliphatic rings. The molecular formula is C18H15N3O2. The third kappa shape index (κ3) is 2.68. The fourth-order valence-corrected chi connectivity index (χ4v) is 2.69. The third-order valence-electron chi connectivity index (χ3n) is 3.82. The number of para-hydroxylation sites is 2. The maximum absolute atomic E-state index is 12.1. The number of nitrogens with zero attached hydrogens (tertiary/aromatic N) is 2. The molecule has 1 aromatic heterocycles. The summed E-state index contributed by atoms with van der Waals surface area (Å²) in [4.78, 5) is 16.3. The minimum absolute atomic E-state index is 0.204. The number of aromatic nitrogens is 2. The lowest BCUT2D eigenvalue weighted by atomic mass is 10.1. The molecule has 0 bridgehead atoms. The molecule has 1 aliphatic heterocycles. The van der Waals surface area contributed by atoms with E-state index in [2.05, 4.69) is 16.5 Å². The average Bonchev–Trinajstić information content (AvgIpc) is 3.20. The first-order chi connectivity index (χ1) is 11.3. The van der Waals surface area contributed by atoms with E-state index in [4.69, 9.17) is 4.74 Å². The van der Waals surface area contributed by atoms with Gasteiger partial charge in [0, 0.05) is 12.5 Å². The van der Waals surface area contributed by atoms with Crippen LogP contribution in [0.15, 0.2) is 54.9 Å². The summed E-state index contributed by atoms with van der Waals surface area (Å²) >= 11 is 0. The van der Waals surface area contributed by atoms with Crippen molar-refractivity contribution in [2.45, 2.75) is 6.42 Å². The van der Waals surface area contributed by atoms with Gasteiger partial charge in [0.25, 0.3) is 5.91 Å². The van der Waals surface area contributed by atoms with E-state index in [0.29, 0.717) is 0 Å². The monoisotopic (exact) mass is 305 g/mol. The van der Waals surface area contributed by atoms with Crippen molar-refractivity contribution >= 4 is 23.0 Å². The number of amides is 1. The smallest absolute Gasteiger partial charge is 0.262 e. The number of imidazole rings is 1. The highest BCUT2D eigenvalue weighted by Crippen LogP contribution is 2.26. The first-order valence-electron chi connectivity index (χ1n) is 7.46. The number of carbonyl (C=O) groups is 1. The molecule has 5 heteroatoms. The lowest BCUT2D eigenvalue weighted by molar-refractivity contribution is -0.112. The first kappa shape index (κ1) is 13.6. The Morgan fingerprint density at radius 3 is 3.13 bits per heavy atom. The van der Waals surface area contributed by atoms with Crippen molar-refractivity contribution in [2.24, 2.45) is 0 Å². The molecule has 5 nitrogen and oxygen atoms in total. The van der Waals surface area contributed by atoms with Crippen LogP contribution < -0.4 is 10.2 Å². The van der Waals surface area contributed by atoms with E-state index in [9.17, 15) is 4.79 Å². The number of ether oxygens (including phenoxy) is 1. The van der Waals surface area contributed by atoms with Crippen molar-refractivity contribution in [1.82, 2.24) is 9.66 Å². The highest BCUT2D eigenvalue weighted by molar-refractivity contribution is 5.98. The maximum Gasteiger partial charge on any atom is 0.262 e. The van der Waals surface area contributed by atoms with Gasteiger partial charge in [-0.1, -0.05) is 18.2 Å². The van der Waals surface area contributed by atoms with Crippen LogP contribution in [0.25, 0.3) is 17.1 Å². The molecule has 0 aliphatic carbocycles. The van der Waals surface area contributed by atoms with E-state index >= 15 is 0 Å². The van der Waals surface area contributed by atoms with E-state index in [1.807, 2.05) is 36.4 Å². The summed E-state index contributed by atoms with van der Waals surface area (Å²) in [5.74, 6) is 0.737. The average molecular weight is 305 g/mol. The molecule has 0 atom stereocenters. The Labute approximate surface area is 133 Å². The van der Waals surface area contributed by atoms with Gasteiger partial charge in [-0.2, -0.15) is 0 Å². The van der Waals surface area contributed by atoms with Crippen LogP contribution in [0.3, 0.4) is 0 Å². The molecule has 4 rings (SSSR count). The van der Waals surface area contributed by atoms with Crippen molar-refractivity contribution < 1.29 is 9.53 Å². The second-order valence-electron chi connectivity index (χ2n) is 5.38. The second kappa shape index (κ2) is 5.61. The highest BCUT2D eigenvalue weighted by atomic mass is 16.5. The summed E-state index contributed by atoms with van der Waals surface area (Å²) < 4.78 is 7.10. The second-order valence-corrected chi connectivity index (χ2v) is 5.38. The molecule has 1 N–H and O–H groups in total. The van der Waals surface area contributed by atoms with Gasteiger partial charge in [-0.25, -0.2) is 9.66 Å². The largest absolute Gasteiger partial charge is 0.493 e. The van der Waals surface area contributed by atoms with E-state index < -0.39 is 0 Å². The van der Waals surface area contributed by atoms with E-state index in [0.717, 1.165) is 35.4 Å². The van der Waals surface area contributed by atoms with Gasteiger partial charge in [-0.05, 0) is 41.5 Å². The van der Waals surface area contributed by atoms with Crippen molar-refractivity contribution in [1.29, 1.82) is 0 Å². The predicted molar refractivity (Wildman–Crippen MR) is 88.8 cm³/mol. The molecule has 23 heavy (non-hydrogen) atoms. The molecule has 0 spiro atoms. The molecule has 1 amide bonds. The standard InChI is InChI=1S/C18H15N3O2/c22-18(20-21-12-19-15-3-1-2-4-16(15)21)8-6-13-5-7-17-14(11-13)9-10-23-17/h1-8,11-12H,9-10H2,(H,20,22)/b8-6+. The van der Waals surface area contributed by atoms with Crippen LogP contribution in [0.2, 0.25) is 0 Å². The lowest BCUT2D eigenvalue weighted by Gasteiger charge is -2.04. The molecular weight excluding hydrogens is 290 g/mol. The predicted octanol–water partition coefficient (Wildman–Crippen LogP) is 2.75. The number of hydrogen-bond donors (Lipinski definition) is 1. The van der Waals surface area contributed by atoms with Crippen LogP contribution in [0, 0.1) is 0 Å². The van der Waals surface area contributed by atoms with Gasteiger partial charge < -0.3 is 4.74 Å². The Hall–Kier alpha value is -3.08. The quantitative estimate of drug-likeness (QED) is 0.757. The van der Waals surface area contributed by atoms with Gasteiger partial charge in [0.15, 0.2) is 0 Å². The van der Waals surface area contributed by atoms with Crippen LogP contribution in [0.1, 0.15) is 11.1 Å². The molecule has 2 heterocycles. The number of carbonyl (C=O) groups excluding carboxylic acids is 1. The van der Waals surface area contributed by atoms with Crippen LogP contribution in [-0.2, 0) is 11.2 Å². The number of hydrogen-bond acceptors (Lipinski definition) is 3. The molecule has 114 valence electrons. The normalized spacial score (nSPS) is 13.2. The van der Waals surface area contributed by atoms with Crippen molar-refractivity contribution in [3.63, 3.8) is 0 Å². The Morgan fingerprint density at radius 1 is 1.26 bits per heavy atom. The molecule has 0 saturated heterocycles. The van der Waals surface area contributed by atoms with E-state index in [-0.39, 0.29) is 5.91 Å². The van der Waals surface area contributed by atoms with Gasteiger partial charge in [-0.3, -0.25) is 10.2 Å². The number of fused-ring (bicyclic) bond motifs is 2. The zero-order valence-corrected chi connectivity index (χ0v) is 12.4. The van der Waals surface area contributed by atoms with E-state index in [1.54, 1.807) is 17.1 Å². The zero-order valence-electron chi connectivity index (χ0n) is 12.4. The Bertz CT molecular complexity index is 912. The van der Waals surface area contributed by atoms with Crippen LogP contribution in [0.4, 0.5) is 0 Å². The highest BCUT2D eigenvalue weighted by Gasteiger charge is 2.11. The molecule has 3 aromatic rings. The number of rotatable bonds is 3. The maximum atomic E-state index is 12.1. The van der Waals surface area contributed by atoms with Gasteiger partial charge >= 0.3 is 0 Å². The molecule has 2 aromatic carbocycles. The van der Waals surface area contributed by atoms with E-state index in [1.165, 1.54) is 11.6 Å². The van der Waals surface area contributed by atoms with Crippen molar-refractivity contribution in [3.05, 3.63) is 66.0 Å². The first-order valence-corrected chi connectivity index (χ1v) is 7.46. The lowest BCUT2D eigenvalue weighted by Crippen LogP contribution is -2.19.